The van der Waals surface area contributed by atoms with Gasteiger partial charge in [-0.25, -0.2) is 4.39 Å². The first-order chi connectivity index (χ1) is 12.0. The highest BCUT2D eigenvalue weighted by atomic mass is 35.5. The van der Waals surface area contributed by atoms with Gasteiger partial charge in [0.25, 0.3) is 0 Å². The molecular weight excluding hydrogens is 380 g/mol. The lowest BCUT2D eigenvalue weighted by atomic mass is 9.94. The van der Waals surface area contributed by atoms with Crippen LogP contribution in [-0.2, 0) is 9.59 Å². The van der Waals surface area contributed by atoms with Gasteiger partial charge in [0.2, 0.25) is 11.8 Å². The molecule has 1 atom stereocenters. The number of hydrogen-bond donors (Lipinski definition) is 2. The molecule has 1 aromatic rings. The molecule has 0 saturated carbocycles. The zero-order valence-corrected chi connectivity index (χ0v) is 16.0. The third-order valence-corrected chi connectivity index (χ3v) is 5.26. The summed E-state index contributed by atoms with van der Waals surface area (Å²) in [5.74, 6) is -0.607. The quantitative estimate of drug-likeness (QED) is 0.814. The van der Waals surface area contributed by atoms with E-state index in [9.17, 15) is 14.0 Å². The third-order valence-electron chi connectivity index (χ3n) is 4.97. The fraction of sp³-hybridized carbons (Fsp3) is 0.556. The van der Waals surface area contributed by atoms with Crippen LogP contribution in [0.2, 0.25) is 5.02 Å². The standard InChI is InChI=1S/C18H23ClFN3O2.ClH/c19-14-11-13(4-5-15(14)20)22-17(24)12-6-9-23(10-7-12)18(25)16-3-1-2-8-21-16;/h4-5,11-12,16,21H,1-3,6-10H2,(H,22,24);1H. The number of carbonyl (C=O) groups excluding carboxylic acids is 2. The zero-order chi connectivity index (χ0) is 17.8. The van der Waals surface area contributed by atoms with Crippen molar-refractivity contribution in [3.05, 3.63) is 29.0 Å². The molecule has 2 aliphatic rings. The lowest BCUT2D eigenvalue weighted by molar-refractivity contribution is -0.137. The summed E-state index contributed by atoms with van der Waals surface area (Å²) >= 11 is 5.73. The first kappa shape index (κ1) is 20.9. The summed E-state index contributed by atoms with van der Waals surface area (Å²) in [5, 5.41) is 6.04. The highest BCUT2D eigenvalue weighted by molar-refractivity contribution is 6.31. The van der Waals surface area contributed by atoms with Gasteiger partial charge in [0, 0.05) is 24.7 Å². The predicted octanol–water partition coefficient (Wildman–Crippen LogP) is 3.22. The van der Waals surface area contributed by atoms with Crippen molar-refractivity contribution < 1.29 is 14.0 Å². The van der Waals surface area contributed by atoms with E-state index in [1.54, 1.807) is 0 Å². The number of nitrogens with zero attached hydrogens (tertiary/aromatic N) is 1. The second kappa shape index (κ2) is 9.53. The summed E-state index contributed by atoms with van der Waals surface area (Å²) in [6.07, 6.45) is 4.38. The molecule has 8 heteroatoms. The van der Waals surface area contributed by atoms with Gasteiger partial charge in [-0.05, 0) is 50.4 Å². The number of nitrogens with one attached hydrogen (secondary N) is 2. The maximum absolute atomic E-state index is 13.2. The molecule has 5 nitrogen and oxygen atoms in total. The summed E-state index contributed by atoms with van der Waals surface area (Å²) < 4.78 is 13.2. The van der Waals surface area contributed by atoms with Gasteiger partial charge in [-0.2, -0.15) is 0 Å². The number of piperidine rings is 2. The van der Waals surface area contributed by atoms with Gasteiger partial charge in [0.1, 0.15) is 5.82 Å². The molecule has 2 fully saturated rings. The number of benzene rings is 1. The van der Waals surface area contributed by atoms with Crippen molar-refractivity contribution >= 4 is 41.5 Å². The third kappa shape index (κ3) is 5.09. The van der Waals surface area contributed by atoms with Crippen molar-refractivity contribution in [2.24, 2.45) is 5.92 Å². The Kier molecular flexibility index (Phi) is 7.68. The molecule has 2 heterocycles. The molecule has 3 rings (SSSR count). The summed E-state index contributed by atoms with van der Waals surface area (Å²) in [7, 11) is 0. The van der Waals surface area contributed by atoms with E-state index < -0.39 is 5.82 Å². The van der Waals surface area contributed by atoms with Crippen LogP contribution in [0.25, 0.3) is 0 Å². The smallest absolute Gasteiger partial charge is 0.239 e. The van der Waals surface area contributed by atoms with E-state index in [-0.39, 0.29) is 41.2 Å². The number of likely N-dealkylation sites (tertiary alicyclic amines) is 1. The van der Waals surface area contributed by atoms with Crippen molar-refractivity contribution in [1.29, 1.82) is 0 Å². The molecule has 0 bridgehead atoms. The minimum absolute atomic E-state index is 0. The van der Waals surface area contributed by atoms with Crippen molar-refractivity contribution in [3.8, 4) is 0 Å². The van der Waals surface area contributed by atoms with Gasteiger partial charge < -0.3 is 15.5 Å². The fourth-order valence-electron chi connectivity index (χ4n) is 3.46. The molecule has 0 spiro atoms. The second-order valence-corrected chi connectivity index (χ2v) is 7.13. The van der Waals surface area contributed by atoms with E-state index in [4.69, 9.17) is 11.6 Å². The van der Waals surface area contributed by atoms with E-state index in [2.05, 4.69) is 10.6 Å². The fourth-order valence-corrected chi connectivity index (χ4v) is 3.64. The van der Waals surface area contributed by atoms with Gasteiger partial charge in [-0.1, -0.05) is 18.0 Å². The number of rotatable bonds is 3. The highest BCUT2D eigenvalue weighted by Gasteiger charge is 2.31. The number of amides is 2. The Labute approximate surface area is 164 Å². The van der Waals surface area contributed by atoms with Crippen LogP contribution in [0.15, 0.2) is 18.2 Å². The minimum atomic E-state index is -0.511. The molecule has 26 heavy (non-hydrogen) atoms. The molecule has 2 N–H and O–H groups in total. The summed E-state index contributed by atoms with van der Waals surface area (Å²) in [5.41, 5.74) is 0.487. The topological polar surface area (TPSA) is 61.4 Å². The van der Waals surface area contributed by atoms with Gasteiger partial charge in [-0.3, -0.25) is 9.59 Å². The number of halogens is 3. The molecule has 2 aliphatic heterocycles. The molecule has 1 unspecified atom stereocenters. The van der Waals surface area contributed by atoms with Crippen LogP contribution in [-0.4, -0.2) is 42.4 Å². The summed E-state index contributed by atoms with van der Waals surface area (Å²) in [6.45, 7) is 2.09. The molecule has 2 amide bonds. The maximum Gasteiger partial charge on any atom is 0.239 e. The molecule has 0 aliphatic carbocycles. The van der Waals surface area contributed by atoms with Crippen LogP contribution >= 0.6 is 24.0 Å². The molecular formula is C18H24Cl2FN3O2. The van der Waals surface area contributed by atoms with Crippen LogP contribution in [0.1, 0.15) is 32.1 Å². The first-order valence-electron chi connectivity index (χ1n) is 8.82. The van der Waals surface area contributed by atoms with Gasteiger partial charge >= 0.3 is 0 Å². The van der Waals surface area contributed by atoms with Gasteiger partial charge in [0.15, 0.2) is 0 Å². The van der Waals surface area contributed by atoms with E-state index >= 15 is 0 Å². The Morgan fingerprint density at radius 3 is 2.54 bits per heavy atom. The van der Waals surface area contributed by atoms with Crippen LogP contribution in [0.3, 0.4) is 0 Å². The average molecular weight is 404 g/mol. The SMILES string of the molecule is Cl.O=C(Nc1ccc(F)c(Cl)c1)C1CCN(C(=O)C2CCCCN2)CC1. The van der Waals surface area contributed by atoms with Crippen molar-refractivity contribution in [3.63, 3.8) is 0 Å². The largest absolute Gasteiger partial charge is 0.341 e. The Hall–Kier alpha value is -1.37. The Balaban J connectivity index is 0.00000243. The molecule has 144 valence electrons. The number of hydrogen-bond acceptors (Lipinski definition) is 3. The van der Waals surface area contributed by atoms with Gasteiger partial charge in [-0.15, -0.1) is 12.4 Å². The van der Waals surface area contributed by atoms with E-state index in [1.165, 1.54) is 18.2 Å². The second-order valence-electron chi connectivity index (χ2n) is 6.72. The van der Waals surface area contributed by atoms with E-state index in [1.807, 2.05) is 4.90 Å². The Morgan fingerprint density at radius 1 is 1.19 bits per heavy atom. The first-order valence-corrected chi connectivity index (χ1v) is 9.20. The van der Waals surface area contributed by atoms with Gasteiger partial charge in [0.05, 0.1) is 11.1 Å². The zero-order valence-electron chi connectivity index (χ0n) is 14.5. The molecule has 0 aromatic heterocycles. The van der Waals surface area contributed by atoms with Crippen LogP contribution < -0.4 is 10.6 Å². The lowest BCUT2D eigenvalue weighted by Crippen LogP contribution is -2.51. The normalized spacial score (nSPS) is 21.0. The Morgan fingerprint density at radius 2 is 1.92 bits per heavy atom. The monoisotopic (exact) mass is 403 g/mol. The Bertz CT molecular complexity index is 645. The summed E-state index contributed by atoms with van der Waals surface area (Å²) in [6, 6.07) is 4.06. The minimum Gasteiger partial charge on any atom is -0.341 e. The van der Waals surface area contributed by atoms with Crippen molar-refractivity contribution in [2.45, 2.75) is 38.1 Å². The van der Waals surface area contributed by atoms with Crippen LogP contribution in [0, 0.1) is 11.7 Å². The van der Waals surface area contributed by atoms with Crippen LogP contribution in [0.4, 0.5) is 10.1 Å². The summed E-state index contributed by atoms with van der Waals surface area (Å²) in [4.78, 5) is 26.7. The lowest BCUT2D eigenvalue weighted by Gasteiger charge is -2.35. The number of anilines is 1. The number of carbonyl (C=O) groups is 2. The predicted molar refractivity (Wildman–Crippen MR) is 102 cm³/mol. The van der Waals surface area contributed by atoms with E-state index in [0.717, 1.165) is 25.8 Å². The average Bonchev–Trinajstić information content (AvgIpc) is 2.65. The van der Waals surface area contributed by atoms with Crippen molar-refractivity contribution in [2.75, 3.05) is 25.0 Å². The molecule has 1 aromatic carbocycles. The van der Waals surface area contributed by atoms with Crippen molar-refractivity contribution in [1.82, 2.24) is 10.2 Å². The van der Waals surface area contributed by atoms with Crippen LogP contribution in [0.5, 0.6) is 0 Å². The maximum atomic E-state index is 13.2. The molecule has 2 saturated heterocycles. The highest BCUT2D eigenvalue weighted by Crippen LogP contribution is 2.23. The van der Waals surface area contributed by atoms with E-state index in [0.29, 0.717) is 31.6 Å². The molecule has 0 radical (unpaired) electrons.